The second-order valence-corrected chi connectivity index (χ2v) is 4.41. The van der Waals surface area contributed by atoms with Crippen molar-refractivity contribution < 1.29 is 0 Å². The zero-order valence-corrected chi connectivity index (χ0v) is 10.7. The van der Waals surface area contributed by atoms with Crippen LogP contribution < -0.4 is 0 Å². The molecule has 92 valence electrons. The minimum atomic E-state index is 0.700. The highest BCUT2D eigenvalue weighted by Gasteiger charge is 2.11. The average molecular weight is 247 g/mol. The van der Waals surface area contributed by atoms with Crippen LogP contribution in [0.2, 0.25) is 0 Å². The first-order valence-corrected chi connectivity index (χ1v) is 6.30. The van der Waals surface area contributed by atoms with Crippen molar-refractivity contribution in [1.82, 2.24) is 9.55 Å². The first-order chi connectivity index (χ1) is 9.33. The van der Waals surface area contributed by atoms with E-state index in [1.54, 1.807) is 4.57 Å². The summed E-state index contributed by atoms with van der Waals surface area (Å²) in [6.45, 7) is 2.12. The number of rotatable bonds is 2. The minimum absolute atomic E-state index is 0.700. The van der Waals surface area contributed by atoms with Crippen LogP contribution in [-0.4, -0.2) is 9.55 Å². The number of hydrogen-bond acceptors (Lipinski definition) is 2. The normalized spacial score (nSPS) is 10.5. The fraction of sp³-hybridized carbons (Fsp3) is 0.125. The highest BCUT2D eigenvalue weighted by molar-refractivity contribution is 5.81. The Balaban J connectivity index is 2.21. The molecule has 3 heteroatoms. The second-order valence-electron chi connectivity index (χ2n) is 4.41. The van der Waals surface area contributed by atoms with Crippen LogP contribution in [0.15, 0.2) is 48.5 Å². The van der Waals surface area contributed by atoms with E-state index in [0.29, 0.717) is 5.82 Å². The molecule has 0 N–H and O–H groups in total. The van der Waals surface area contributed by atoms with Crippen molar-refractivity contribution in [1.29, 1.82) is 5.26 Å². The van der Waals surface area contributed by atoms with Gasteiger partial charge in [0, 0.05) is 5.56 Å². The smallest absolute Gasteiger partial charge is 0.190 e. The molecule has 0 atom stereocenters. The number of nitrogens with zero attached hydrogens (tertiary/aromatic N) is 3. The fourth-order valence-corrected chi connectivity index (χ4v) is 2.21. The SMILES string of the molecule is CCc1ccc(-c2nc3ccccc3n2C#N)cc1. The van der Waals surface area contributed by atoms with E-state index in [-0.39, 0.29) is 0 Å². The van der Waals surface area contributed by atoms with Gasteiger partial charge in [-0.3, -0.25) is 0 Å². The first-order valence-electron chi connectivity index (χ1n) is 6.30. The van der Waals surface area contributed by atoms with Crippen molar-refractivity contribution in [2.75, 3.05) is 0 Å². The van der Waals surface area contributed by atoms with Gasteiger partial charge in [-0.15, -0.1) is 0 Å². The van der Waals surface area contributed by atoms with E-state index in [1.807, 2.05) is 36.4 Å². The molecule has 3 aromatic rings. The van der Waals surface area contributed by atoms with Crippen LogP contribution in [0.1, 0.15) is 12.5 Å². The lowest BCUT2D eigenvalue weighted by atomic mass is 10.1. The standard InChI is InChI=1S/C16H13N3/c1-2-12-7-9-13(10-8-12)16-18-14-5-3-4-6-15(14)19(16)11-17/h3-10H,2H2,1H3. The van der Waals surface area contributed by atoms with Crippen molar-refractivity contribution in [3.63, 3.8) is 0 Å². The highest BCUT2D eigenvalue weighted by atomic mass is 15.1. The number of imidazole rings is 1. The van der Waals surface area contributed by atoms with Gasteiger partial charge in [0.15, 0.2) is 12.0 Å². The average Bonchev–Trinajstić information content (AvgIpc) is 2.85. The maximum Gasteiger partial charge on any atom is 0.190 e. The highest BCUT2D eigenvalue weighted by Crippen LogP contribution is 2.24. The van der Waals surface area contributed by atoms with E-state index < -0.39 is 0 Å². The maximum absolute atomic E-state index is 9.34. The first kappa shape index (κ1) is 11.5. The molecular weight excluding hydrogens is 234 g/mol. The molecule has 3 rings (SSSR count). The van der Waals surface area contributed by atoms with E-state index in [1.165, 1.54) is 5.56 Å². The van der Waals surface area contributed by atoms with Gasteiger partial charge in [0.2, 0.25) is 0 Å². The summed E-state index contributed by atoms with van der Waals surface area (Å²) in [7, 11) is 0. The maximum atomic E-state index is 9.34. The molecule has 0 fully saturated rings. The minimum Gasteiger partial charge on any atom is -0.228 e. The number of benzene rings is 2. The van der Waals surface area contributed by atoms with E-state index >= 15 is 0 Å². The fourth-order valence-electron chi connectivity index (χ4n) is 2.21. The van der Waals surface area contributed by atoms with Gasteiger partial charge in [0.25, 0.3) is 0 Å². The lowest BCUT2D eigenvalue weighted by Crippen LogP contribution is -1.92. The predicted octanol–water partition coefficient (Wildman–Crippen LogP) is 3.59. The molecule has 0 spiro atoms. The summed E-state index contributed by atoms with van der Waals surface area (Å²) in [5, 5.41) is 9.34. The third-order valence-corrected chi connectivity index (χ3v) is 3.28. The van der Waals surface area contributed by atoms with Gasteiger partial charge in [0.05, 0.1) is 11.0 Å². The largest absolute Gasteiger partial charge is 0.228 e. The Morgan fingerprint density at radius 3 is 2.53 bits per heavy atom. The Morgan fingerprint density at radius 1 is 1.11 bits per heavy atom. The lowest BCUT2D eigenvalue weighted by Gasteiger charge is -2.01. The molecule has 2 aromatic carbocycles. The summed E-state index contributed by atoms with van der Waals surface area (Å²) in [4.78, 5) is 4.55. The molecule has 3 nitrogen and oxygen atoms in total. The topological polar surface area (TPSA) is 41.6 Å². The van der Waals surface area contributed by atoms with Crippen LogP contribution in [0.3, 0.4) is 0 Å². The van der Waals surface area contributed by atoms with Crippen LogP contribution in [0, 0.1) is 11.5 Å². The third kappa shape index (κ3) is 1.88. The second kappa shape index (κ2) is 4.58. The van der Waals surface area contributed by atoms with Crippen molar-refractivity contribution >= 4 is 11.0 Å². The van der Waals surface area contributed by atoms with Crippen molar-refractivity contribution in [2.24, 2.45) is 0 Å². The molecule has 19 heavy (non-hydrogen) atoms. The predicted molar refractivity (Wildman–Crippen MR) is 75.6 cm³/mol. The van der Waals surface area contributed by atoms with Gasteiger partial charge in [-0.05, 0) is 24.1 Å². The van der Waals surface area contributed by atoms with E-state index in [9.17, 15) is 5.26 Å². The van der Waals surface area contributed by atoms with Gasteiger partial charge in [0.1, 0.15) is 0 Å². The van der Waals surface area contributed by atoms with E-state index in [4.69, 9.17) is 0 Å². The Kier molecular flexibility index (Phi) is 2.77. The zero-order chi connectivity index (χ0) is 13.2. The van der Waals surface area contributed by atoms with Gasteiger partial charge in [-0.2, -0.15) is 5.26 Å². The molecule has 1 heterocycles. The summed E-state index contributed by atoms with van der Waals surface area (Å²) < 4.78 is 1.58. The molecule has 0 saturated heterocycles. The molecule has 0 aliphatic heterocycles. The van der Waals surface area contributed by atoms with Crippen LogP contribution in [0.5, 0.6) is 0 Å². The molecular formula is C16H13N3. The summed E-state index contributed by atoms with van der Waals surface area (Å²) >= 11 is 0. The number of para-hydroxylation sites is 2. The molecule has 0 unspecified atom stereocenters. The summed E-state index contributed by atoms with van der Waals surface area (Å²) in [6.07, 6.45) is 3.21. The number of fused-ring (bicyclic) bond motifs is 1. The van der Waals surface area contributed by atoms with Crippen LogP contribution in [0.25, 0.3) is 22.4 Å². The lowest BCUT2D eigenvalue weighted by molar-refractivity contribution is 1.11. The van der Waals surface area contributed by atoms with Crippen molar-refractivity contribution in [3.8, 4) is 17.6 Å². The number of aromatic nitrogens is 2. The van der Waals surface area contributed by atoms with Gasteiger partial charge in [-0.1, -0.05) is 43.3 Å². The zero-order valence-electron chi connectivity index (χ0n) is 10.7. The number of nitriles is 1. The van der Waals surface area contributed by atoms with Gasteiger partial charge >= 0.3 is 0 Å². The van der Waals surface area contributed by atoms with Crippen molar-refractivity contribution in [2.45, 2.75) is 13.3 Å². The number of hydrogen-bond donors (Lipinski definition) is 0. The van der Waals surface area contributed by atoms with Gasteiger partial charge in [-0.25, -0.2) is 9.55 Å². The Bertz CT molecular complexity index is 761. The molecule has 0 saturated carbocycles. The molecule has 0 radical (unpaired) electrons. The molecule has 1 aromatic heterocycles. The molecule has 0 amide bonds. The van der Waals surface area contributed by atoms with E-state index in [2.05, 4.69) is 30.2 Å². The summed E-state index contributed by atoms with van der Waals surface area (Å²) in [6, 6.07) is 15.9. The summed E-state index contributed by atoms with van der Waals surface area (Å²) in [5.41, 5.74) is 3.94. The Labute approximate surface area is 111 Å². The number of aryl methyl sites for hydroxylation is 1. The Hall–Kier alpha value is -2.60. The summed E-state index contributed by atoms with van der Waals surface area (Å²) in [5.74, 6) is 0.700. The molecule has 0 aliphatic carbocycles. The van der Waals surface area contributed by atoms with Gasteiger partial charge < -0.3 is 0 Å². The third-order valence-electron chi connectivity index (χ3n) is 3.28. The van der Waals surface area contributed by atoms with Crippen molar-refractivity contribution in [3.05, 3.63) is 54.1 Å². The van der Waals surface area contributed by atoms with Crippen LogP contribution in [-0.2, 0) is 6.42 Å². The molecule has 0 bridgehead atoms. The Morgan fingerprint density at radius 2 is 1.84 bits per heavy atom. The quantitative estimate of drug-likeness (QED) is 0.694. The van der Waals surface area contributed by atoms with E-state index in [0.717, 1.165) is 23.0 Å². The van der Waals surface area contributed by atoms with Crippen LogP contribution in [0.4, 0.5) is 0 Å². The monoisotopic (exact) mass is 247 g/mol. The van der Waals surface area contributed by atoms with Crippen LogP contribution >= 0.6 is 0 Å². The molecule has 0 aliphatic rings.